The Kier molecular flexibility index (Phi) is 2.57. The zero-order chi connectivity index (χ0) is 10.1. The van der Waals surface area contributed by atoms with Gasteiger partial charge in [-0.25, -0.2) is 0 Å². The summed E-state index contributed by atoms with van der Waals surface area (Å²) in [4.78, 5) is 0. The summed E-state index contributed by atoms with van der Waals surface area (Å²) in [6.07, 6.45) is 0. The van der Waals surface area contributed by atoms with Gasteiger partial charge in [0.2, 0.25) is 0 Å². The molecule has 2 rings (SSSR count). The highest BCUT2D eigenvalue weighted by Gasteiger charge is 2.13. The van der Waals surface area contributed by atoms with Gasteiger partial charge < -0.3 is 5.73 Å². The van der Waals surface area contributed by atoms with Crippen molar-refractivity contribution in [3.05, 3.63) is 35.2 Å². The zero-order valence-electron chi connectivity index (χ0n) is 8.53. The summed E-state index contributed by atoms with van der Waals surface area (Å²) in [5.74, 6) is 0.487. The van der Waals surface area contributed by atoms with E-state index in [0.717, 1.165) is 0 Å². The Balaban J connectivity index is 2.56. The van der Waals surface area contributed by atoms with E-state index >= 15 is 0 Å². The molecule has 0 aliphatic rings. The van der Waals surface area contributed by atoms with Gasteiger partial charge >= 0.3 is 0 Å². The molecule has 2 heteroatoms. The summed E-state index contributed by atoms with van der Waals surface area (Å²) in [6.45, 7) is 4.33. The molecule has 0 aliphatic carbocycles. The first-order valence-corrected chi connectivity index (χ1v) is 5.80. The summed E-state index contributed by atoms with van der Waals surface area (Å²) in [5, 5.41) is 3.44. The highest BCUT2D eigenvalue weighted by Crippen LogP contribution is 2.29. The minimum Gasteiger partial charge on any atom is -0.324 e. The van der Waals surface area contributed by atoms with Crippen LogP contribution in [-0.4, -0.2) is 0 Å². The minimum atomic E-state index is 0.147. The molecule has 1 aromatic carbocycles. The van der Waals surface area contributed by atoms with Crippen LogP contribution in [0.4, 0.5) is 0 Å². The van der Waals surface area contributed by atoms with Crippen molar-refractivity contribution in [1.29, 1.82) is 0 Å². The van der Waals surface area contributed by atoms with Gasteiger partial charge in [-0.05, 0) is 34.4 Å². The Morgan fingerprint density at radius 2 is 2.00 bits per heavy atom. The van der Waals surface area contributed by atoms with Gasteiger partial charge in [-0.15, -0.1) is 11.3 Å². The molecule has 0 spiro atoms. The summed E-state index contributed by atoms with van der Waals surface area (Å²) >= 11 is 1.78. The first kappa shape index (κ1) is 9.69. The van der Waals surface area contributed by atoms with Crippen molar-refractivity contribution in [2.45, 2.75) is 19.9 Å². The fourth-order valence-corrected chi connectivity index (χ4v) is 2.49. The molecule has 1 aromatic heterocycles. The van der Waals surface area contributed by atoms with Crippen LogP contribution < -0.4 is 5.73 Å². The molecule has 2 aromatic rings. The Morgan fingerprint density at radius 1 is 1.21 bits per heavy atom. The van der Waals surface area contributed by atoms with E-state index in [4.69, 9.17) is 5.73 Å². The van der Waals surface area contributed by atoms with Gasteiger partial charge in [0, 0.05) is 10.7 Å². The fourth-order valence-electron chi connectivity index (χ4n) is 1.67. The third kappa shape index (κ3) is 1.56. The molecule has 1 nitrogen and oxygen atoms in total. The van der Waals surface area contributed by atoms with Crippen molar-refractivity contribution in [3.63, 3.8) is 0 Å². The summed E-state index contributed by atoms with van der Waals surface area (Å²) in [6, 6.07) is 8.69. The van der Waals surface area contributed by atoms with E-state index < -0.39 is 0 Å². The van der Waals surface area contributed by atoms with Crippen LogP contribution in [0.2, 0.25) is 0 Å². The van der Waals surface area contributed by atoms with E-state index in [1.54, 1.807) is 11.3 Å². The predicted molar refractivity (Wildman–Crippen MR) is 63.6 cm³/mol. The predicted octanol–water partition coefficient (Wildman–Crippen LogP) is 3.56. The maximum Gasteiger partial charge on any atom is 0.0346 e. The zero-order valence-corrected chi connectivity index (χ0v) is 9.34. The first-order valence-electron chi connectivity index (χ1n) is 4.92. The molecule has 2 N–H and O–H groups in total. The SMILES string of the molecule is CC(C)[C@H](N)c1cccc2sccc12. The summed E-state index contributed by atoms with van der Waals surface area (Å²) in [5.41, 5.74) is 7.44. The second-order valence-corrected chi connectivity index (χ2v) is 4.90. The first-order chi connectivity index (χ1) is 6.70. The van der Waals surface area contributed by atoms with E-state index in [9.17, 15) is 0 Å². The van der Waals surface area contributed by atoms with Crippen molar-refractivity contribution in [1.82, 2.24) is 0 Å². The molecule has 0 amide bonds. The maximum absolute atomic E-state index is 6.17. The molecular formula is C12H15NS. The average Bonchev–Trinajstić information content (AvgIpc) is 2.63. The second-order valence-electron chi connectivity index (χ2n) is 3.95. The van der Waals surface area contributed by atoms with Gasteiger partial charge in [-0.2, -0.15) is 0 Å². The lowest BCUT2D eigenvalue weighted by molar-refractivity contribution is 0.517. The van der Waals surface area contributed by atoms with Crippen molar-refractivity contribution in [2.75, 3.05) is 0 Å². The number of hydrogen-bond acceptors (Lipinski definition) is 2. The van der Waals surface area contributed by atoms with Gasteiger partial charge in [-0.3, -0.25) is 0 Å². The smallest absolute Gasteiger partial charge is 0.0346 e. The number of thiophene rings is 1. The molecule has 1 atom stereocenters. The molecule has 0 saturated heterocycles. The van der Waals surface area contributed by atoms with E-state index in [1.807, 2.05) is 0 Å². The van der Waals surface area contributed by atoms with Crippen LogP contribution in [0.1, 0.15) is 25.5 Å². The highest BCUT2D eigenvalue weighted by molar-refractivity contribution is 7.17. The highest BCUT2D eigenvalue weighted by atomic mass is 32.1. The van der Waals surface area contributed by atoms with Crippen LogP contribution in [0.15, 0.2) is 29.6 Å². The lowest BCUT2D eigenvalue weighted by Gasteiger charge is -2.16. The topological polar surface area (TPSA) is 26.0 Å². The van der Waals surface area contributed by atoms with Gasteiger partial charge in [-0.1, -0.05) is 26.0 Å². The number of fused-ring (bicyclic) bond motifs is 1. The van der Waals surface area contributed by atoms with E-state index in [1.165, 1.54) is 15.6 Å². The van der Waals surface area contributed by atoms with Crippen LogP contribution in [0.5, 0.6) is 0 Å². The Hall–Kier alpha value is -0.860. The third-order valence-electron chi connectivity index (χ3n) is 2.61. The largest absolute Gasteiger partial charge is 0.324 e. The van der Waals surface area contributed by atoms with Crippen LogP contribution in [0, 0.1) is 5.92 Å². The monoisotopic (exact) mass is 205 g/mol. The van der Waals surface area contributed by atoms with Crippen LogP contribution in [-0.2, 0) is 0 Å². The van der Waals surface area contributed by atoms with Crippen LogP contribution in [0.25, 0.3) is 10.1 Å². The van der Waals surface area contributed by atoms with E-state index in [-0.39, 0.29) is 6.04 Å². The lowest BCUT2D eigenvalue weighted by atomic mass is 9.95. The molecular weight excluding hydrogens is 190 g/mol. The molecule has 1 heterocycles. The number of hydrogen-bond donors (Lipinski definition) is 1. The standard InChI is InChI=1S/C12H15NS/c1-8(2)12(13)10-4-3-5-11-9(10)6-7-14-11/h3-8,12H,13H2,1-2H3/t12-/m0/s1. The van der Waals surface area contributed by atoms with E-state index in [0.29, 0.717) is 5.92 Å². The summed E-state index contributed by atoms with van der Waals surface area (Å²) < 4.78 is 1.33. The van der Waals surface area contributed by atoms with E-state index in [2.05, 4.69) is 43.5 Å². The minimum absolute atomic E-state index is 0.147. The van der Waals surface area contributed by atoms with Gasteiger partial charge in [0.25, 0.3) is 0 Å². The normalized spacial score (nSPS) is 13.7. The molecule has 0 bridgehead atoms. The van der Waals surface area contributed by atoms with Crippen molar-refractivity contribution >= 4 is 21.4 Å². The lowest BCUT2D eigenvalue weighted by Crippen LogP contribution is -2.16. The van der Waals surface area contributed by atoms with Crippen LogP contribution >= 0.6 is 11.3 Å². The quantitative estimate of drug-likeness (QED) is 0.797. The third-order valence-corrected chi connectivity index (χ3v) is 3.49. The molecule has 0 radical (unpaired) electrons. The van der Waals surface area contributed by atoms with Gasteiger partial charge in [0.1, 0.15) is 0 Å². The molecule has 74 valence electrons. The van der Waals surface area contributed by atoms with Gasteiger partial charge in [0.15, 0.2) is 0 Å². The molecule has 14 heavy (non-hydrogen) atoms. The Bertz CT molecular complexity index is 431. The van der Waals surface area contributed by atoms with Crippen molar-refractivity contribution in [3.8, 4) is 0 Å². The Morgan fingerprint density at radius 3 is 2.71 bits per heavy atom. The molecule has 0 unspecified atom stereocenters. The van der Waals surface area contributed by atoms with Gasteiger partial charge in [0.05, 0.1) is 0 Å². The maximum atomic E-state index is 6.17. The van der Waals surface area contributed by atoms with Crippen molar-refractivity contribution in [2.24, 2.45) is 11.7 Å². The molecule has 0 fully saturated rings. The Labute approximate surface area is 88.6 Å². The average molecular weight is 205 g/mol. The van der Waals surface area contributed by atoms with Crippen LogP contribution in [0.3, 0.4) is 0 Å². The number of rotatable bonds is 2. The second kappa shape index (κ2) is 3.71. The number of benzene rings is 1. The van der Waals surface area contributed by atoms with Crippen molar-refractivity contribution < 1.29 is 0 Å². The molecule has 0 aliphatic heterocycles. The number of nitrogens with two attached hydrogens (primary N) is 1. The summed E-state index contributed by atoms with van der Waals surface area (Å²) in [7, 11) is 0. The molecule has 0 saturated carbocycles. The fraction of sp³-hybridized carbons (Fsp3) is 0.333.